The molecule has 3 aromatic rings. The van der Waals surface area contributed by atoms with Gasteiger partial charge in [0.15, 0.2) is 5.82 Å². The van der Waals surface area contributed by atoms with Crippen LogP contribution in [0.5, 0.6) is 0 Å². The lowest BCUT2D eigenvalue weighted by atomic mass is 10.0. The first kappa shape index (κ1) is 11.7. The molecule has 1 unspecified atom stereocenters. The second kappa shape index (κ2) is 5.12. The van der Waals surface area contributed by atoms with E-state index in [0.717, 1.165) is 16.5 Å². The van der Waals surface area contributed by atoms with Crippen LogP contribution in [0.3, 0.4) is 0 Å². The van der Waals surface area contributed by atoms with E-state index in [4.69, 9.17) is 0 Å². The highest BCUT2D eigenvalue weighted by Crippen LogP contribution is 2.21. The van der Waals surface area contributed by atoms with Crippen LogP contribution in [-0.2, 0) is 6.42 Å². The van der Waals surface area contributed by atoms with Gasteiger partial charge in [-0.05, 0) is 23.8 Å². The second-order valence-corrected chi connectivity index (χ2v) is 4.31. The number of aromatic nitrogens is 3. The molecule has 1 atom stereocenters. The summed E-state index contributed by atoms with van der Waals surface area (Å²) in [4.78, 5) is 12.5. The number of hydrogen-bond acceptors (Lipinski definition) is 4. The normalized spacial score (nSPS) is 12.5. The number of hydrogen-bond donors (Lipinski definition) is 1. The van der Waals surface area contributed by atoms with E-state index in [1.165, 1.54) is 0 Å². The van der Waals surface area contributed by atoms with Gasteiger partial charge in [-0.15, -0.1) is 0 Å². The van der Waals surface area contributed by atoms with E-state index in [1.807, 2.05) is 30.3 Å². The first-order valence-electron chi connectivity index (χ1n) is 6.12. The summed E-state index contributed by atoms with van der Waals surface area (Å²) in [5.41, 5.74) is 1.98. The maximum Gasteiger partial charge on any atom is 0.157 e. The van der Waals surface area contributed by atoms with E-state index in [2.05, 4.69) is 15.0 Å². The van der Waals surface area contributed by atoms with Crippen molar-refractivity contribution in [3.63, 3.8) is 0 Å². The molecule has 0 amide bonds. The predicted octanol–water partition coefficient (Wildman–Crippen LogP) is 2.30. The lowest BCUT2D eigenvalue weighted by Gasteiger charge is -2.10. The lowest BCUT2D eigenvalue weighted by Crippen LogP contribution is -2.06. The molecule has 0 fully saturated rings. The number of aliphatic hydroxyl groups is 1. The molecular formula is C15H13N3O. The molecule has 1 N–H and O–H groups in total. The molecule has 4 heteroatoms. The fourth-order valence-electron chi connectivity index (χ4n) is 2.12. The van der Waals surface area contributed by atoms with Crippen molar-refractivity contribution in [1.82, 2.24) is 15.0 Å². The van der Waals surface area contributed by atoms with Crippen molar-refractivity contribution in [2.75, 3.05) is 0 Å². The average molecular weight is 251 g/mol. The summed E-state index contributed by atoms with van der Waals surface area (Å²) in [6.07, 6.45) is 4.81. The van der Waals surface area contributed by atoms with Gasteiger partial charge in [-0.25, -0.2) is 9.97 Å². The van der Waals surface area contributed by atoms with Gasteiger partial charge < -0.3 is 5.11 Å². The molecule has 0 saturated carbocycles. The molecule has 0 aliphatic carbocycles. The maximum absolute atomic E-state index is 10.2. The molecule has 0 bridgehead atoms. The summed E-state index contributed by atoms with van der Waals surface area (Å²) >= 11 is 0. The zero-order valence-electron chi connectivity index (χ0n) is 10.3. The molecule has 0 saturated heterocycles. The van der Waals surface area contributed by atoms with Crippen LogP contribution in [0.4, 0.5) is 0 Å². The Balaban J connectivity index is 1.94. The Morgan fingerprint density at radius 3 is 2.53 bits per heavy atom. The third-order valence-electron chi connectivity index (χ3n) is 3.04. The van der Waals surface area contributed by atoms with E-state index in [1.54, 1.807) is 24.7 Å². The van der Waals surface area contributed by atoms with Crippen LogP contribution in [0.15, 0.2) is 55.0 Å². The van der Waals surface area contributed by atoms with Crippen LogP contribution in [0.25, 0.3) is 10.9 Å². The molecule has 0 radical (unpaired) electrons. The van der Waals surface area contributed by atoms with Gasteiger partial charge in [-0.1, -0.05) is 18.2 Å². The summed E-state index contributed by atoms with van der Waals surface area (Å²) in [5.74, 6) is 0.448. The Morgan fingerprint density at radius 2 is 1.68 bits per heavy atom. The Kier molecular flexibility index (Phi) is 3.16. The number of para-hydroxylation sites is 1. The van der Waals surface area contributed by atoms with Crippen molar-refractivity contribution in [3.05, 3.63) is 66.4 Å². The van der Waals surface area contributed by atoms with Gasteiger partial charge in [0, 0.05) is 30.4 Å². The van der Waals surface area contributed by atoms with Crippen molar-refractivity contribution >= 4 is 10.9 Å². The van der Waals surface area contributed by atoms with E-state index in [-0.39, 0.29) is 0 Å². The second-order valence-electron chi connectivity index (χ2n) is 4.31. The lowest BCUT2D eigenvalue weighted by molar-refractivity contribution is 0.168. The molecule has 4 nitrogen and oxygen atoms in total. The van der Waals surface area contributed by atoms with Crippen molar-refractivity contribution in [2.45, 2.75) is 12.5 Å². The summed E-state index contributed by atoms with van der Waals surface area (Å²) < 4.78 is 0. The Labute approximate surface area is 110 Å². The van der Waals surface area contributed by atoms with Gasteiger partial charge >= 0.3 is 0 Å². The van der Waals surface area contributed by atoms with E-state index in [0.29, 0.717) is 12.2 Å². The first-order chi connectivity index (χ1) is 9.34. The van der Waals surface area contributed by atoms with Gasteiger partial charge in [-0.3, -0.25) is 4.98 Å². The largest absolute Gasteiger partial charge is 0.385 e. The summed E-state index contributed by atoms with van der Waals surface area (Å²) in [5, 5.41) is 11.2. The van der Waals surface area contributed by atoms with E-state index < -0.39 is 6.10 Å². The van der Waals surface area contributed by atoms with E-state index in [9.17, 15) is 5.11 Å². The highest BCUT2D eigenvalue weighted by Gasteiger charge is 2.12. The van der Waals surface area contributed by atoms with Crippen molar-refractivity contribution in [3.8, 4) is 0 Å². The van der Waals surface area contributed by atoms with Gasteiger partial charge in [0.25, 0.3) is 0 Å². The fraction of sp³-hybridized carbons (Fsp3) is 0.133. The van der Waals surface area contributed by atoms with Crippen molar-refractivity contribution in [2.24, 2.45) is 0 Å². The molecule has 0 aliphatic heterocycles. The minimum absolute atomic E-state index is 0.448. The molecule has 0 spiro atoms. The van der Waals surface area contributed by atoms with Crippen molar-refractivity contribution in [1.29, 1.82) is 0 Å². The van der Waals surface area contributed by atoms with Gasteiger partial charge in [-0.2, -0.15) is 0 Å². The summed E-state index contributed by atoms with van der Waals surface area (Å²) in [6, 6.07) is 11.6. The van der Waals surface area contributed by atoms with Crippen LogP contribution in [-0.4, -0.2) is 20.1 Å². The molecule has 19 heavy (non-hydrogen) atoms. The molecule has 3 rings (SSSR count). The zero-order valence-corrected chi connectivity index (χ0v) is 10.3. The number of nitrogens with zero attached hydrogens (tertiary/aromatic N) is 3. The average Bonchev–Trinajstić information content (AvgIpc) is 2.48. The van der Waals surface area contributed by atoms with Gasteiger partial charge in [0.05, 0.1) is 5.52 Å². The van der Waals surface area contributed by atoms with Crippen LogP contribution >= 0.6 is 0 Å². The minimum Gasteiger partial charge on any atom is -0.385 e. The SMILES string of the molecule is OC(Cc1ccnc2ccccc12)c1ncccn1. The summed E-state index contributed by atoms with van der Waals surface area (Å²) in [7, 11) is 0. The number of aliphatic hydroxyl groups excluding tert-OH is 1. The Hall–Kier alpha value is -2.33. The highest BCUT2D eigenvalue weighted by molar-refractivity contribution is 5.81. The van der Waals surface area contributed by atoms with Crippen LogP contribution in [0.1, 0.15) is 17.5 Å². The quantitative estimate of drug-likeness (QED) is 0.776. The molecular weight excluding hydrogens is 238 g/mol. The maximum atomic E-state index is 10.2. The standard InChI is InChI=1S/C15H13N3O/c19-14(15-17-7-3-8-18-15)10-11-6-9-16-13-5-2-1-4-12(11)13/h1-9,14,19H,10H2. The third-order valence-corrected chi connectivity index (χ3v) is 3.04. The minimum atomic E-state index is -0.702. The first-order valence-corrected chi connectivity index (χ1v) is 6.12. The molecule has 94 valence electrons. The highest BCUT2D eigenvalue weighted by atomic mass is 16.3. The molecule has 0 aliphatic rings. The van der Waals surface area contributed by atoms with Crippen LogP contribution in [0, 0.1) is 0 Å². The molecule has 1 aromatic carbocycles. The molecule has 2 aromatic heterocycles. The smallest absolute Gasteiger partial charge is 0.157 e. The predicted molar refractivity (Wildman–Crippen MR) is 72.4 cm³/mol. The monoisotopic (exact) mass is 251 g/mol. The number of benzene rings is 1. The number of fused-ring (bicyclic) bond motifs is 1. The van der Waals surface area contributed by atoms with Crippen LogP contribution in [0.2, 0.25) is 0 Å². The topological polar surface area (TPSA) is 58.9 Å². The van der Waals surface area contributed by atoms with E-state index >= 15 is 0 Å². The fourth-order valence-corrected chi connectivity index (χ4v) is 2.12. The number of rotatable bonds is 3. The van der Waals surface area contributed by atoms with Crippen LogP contribution < -0.4 is 0 Å². The third kappa shape index (κ3) is 2.44. The van der Waals surface area contributed by atoms with Gasteiger partial charge in [0.2, 0.25) is 0 Å². The molecule has 2 heterocycles. The number of pyridine rings is 1. The van der Waals surface area contributed by atoms with Gasteiger partial charge in [0.1, 0.15) is 6.10 Å². The Bertz CT molecular complexity index is 680. The summed E-state index contributed by atoms with van der Waals surface area (Å²) in [6.45, 7) is 0. The zero-order chi connectivity index (χ0) is 13.1. The van der Waals surface area contributed by atoms with Crippen molar-refractivity contribution < 1.29 is 5.11 Å². The Morgan fingerprint density at radius 1 is 0.895 bits per heavy atom.